The summed E-state index contributed by atoms with van der Waals surface area (Å²) in [6.07, 6.45) is 85.8. The monoisotopic (exact) mass is 1480 g/mol. The van der Waals surface area contributed by atoms with Gasteiger partial charge < -0.3 is 65.1 Å². The normalized spacial score (nSPS) is 21.6. The third-order valence-electron chi connectivity index (χ3n) is 22.0. The summed E-state index contributed by atoms with van der Waals surface area (Å²) in [5.41, 5.74) is 0. The number of hydrogen-bond donors (Lipinski definition) is 9. The van der Waals surface area contributed by atoms with Gasteiger partial charge in [0.2, 0.25) is 5.91 Å². The lowest BCUT2D eigenvalue weighted by atomic mass is 9.97. The Morgan fingerprint density at radius 3 is 1.01 bits per heavy atom. The number of amides is 1. The number of aliphatic hydroxyl groups is 8. The third-order valence-corrected chi connectivity index (χ3v) is 22.0. The Labute approximate surface area is 645 Å². The summed E-state index contributed by atoms with van der Waals surface area (Å²) < 4.78 is 23.0. The number of allylic oxidation sites excluding steroid dienone is 10. The molecule has 0 aromatic rings. The van der Waals surface area contributed by atoms with Crippen molar-refractivity contribution in [2.24, 2.45) is 0 Å². The zero-order valence-electron chi connectivity index (χ0n) is 68.0. The molecule has 105 heavy (non-hydrogen) atoms. The van der Waals surface area contributed by atoms with Crippen molar-refractivity contribution in [2.45, 2.75) is 492 Å². The molecule has 1 amide bonds. The van der Waals surface area contributed by atoms with Gasteiger partial charge in [0.05, 0.1) is 32.0 Å². The molecule has 14 heteroatoms. The van der Waals surface area contributed by atoms with E-state index in [1.54, 1.807) is 0 Å². The standard InChI is InChI=1S/C91H169NO13/c1-3-5-7-9-11-13-15-17-19-21-23-25-27-29-31-33-35-37-38-39-40-41-42-43-45-47-49-51-53-55-57-59-61-63-65-67-69-71-73-75-83(96)92-79(78-102-90-88(101)86(99)89(82(77-94)104-90)105-91-87(100)85(98)84(97)81(76-93)103-91)80(95)74-72-70-68-66-64-62-60-58-56-54-52-50-48-46-44-36-34-32-30-28-26-24-22-20-18-16-14-12-10-8-6-4-2/h5,7,11,13,17,19,23,25,29,31,79-82,84-91,93-95,97-101H,3-4,6,8-10,12,14-16,18,20-22,24,26-28,30,32-78H2,1-2H3,(H,92,96)/b7-5-,13-11-,19-17-,25-23-,31-29-. The number of nitrogens with one attached hydrogen (secondary N) is 1. The summed E-state index contributed by atoms with van der Waals surface area (Å²) in [5.74, 6) is -0.198. The lowest BCUT2D eigenvalue weighted by Gasteiger charge is -2.46. The molecule has 0 radical (unpaired) electrons. The second kappa shape index (κ2) is 74.4. The third kappa shape index (κ3) is 56.5. The molecule has 12 unspecified atom stereocenters. The van der Waals surface area contributed by atoms with E-state index in [4.69, 9.17) is 18.9 Å². The Bertz CT molecular complexity index is 2000. The summed E-state index contributed by atoms with van der Waals surface area (Å²) in [6, 6.07) is -0.831. The second-order valence-corrected chi connectivity index (χ2v) is 31.7. The number of rotatable bonds is 77. The summed E-state index contributed by atoms with van der Waals surface area (Å²) in [5, 5.41) is 88.1. The Morgan fingerprint density at radius 2 is 0.657 bits per heavy atom. The molecule has 12 atom stereocenters. The van der Waals surface area contributed by atoms with Crippen molar-refractivity contribution < 1.29 is 64.6 Å². The molecule has 0 aliphatic carbocycles. The predicted octanol–water partition coefficient (Wildman–Crippen LogP) is 21.9. The largest absolute Gasteiger partial charge is 0.394 e. The van der Waals surface area contributed by atoms with Crippen LogP contribution in [0.25, 0.3) is 0 Å². The van der Waals surface area contributed by atoms with Crippen LogP contribution < -0.4 is 5.32 Å². The Hall–Kier alpha value is -2.31. The van der Waals surface area contributed by atoms with Crippen molar-refractivity contribution in [2.75, 3.05) is 19.8 Å². The molecule has 2 aliphatic heterocycles. The van der Waals surface area contributed by atoms with E-state index in [0.717, 1.165) is 83.5 Å². The molecule has 616 valence electrons. The Balaban J connectivity index is 1.55. The van der Waals surface area contributed by atoms with Gasteiger partial charge in [-0.25, -0.2) is 0 Å². The molecule has 2 heterocycles. The predicted molar refractivity (Wildman–Crippen MR) is 438 cm³/mol. The molecule has 2 saturated heterocycles. The van der Waals surface area contributed by atoms with Crippen LogP contribution in [-0.4, -0.2) is 140 Å². The highest BCUT2D eigenvalue weighted by atomic mass is 16.7. The number of carbonyl (C=O) groups excluding carboxylic acids is 1. The zero-order valence-corrected chi connectivity index (χ0v) is 68.0. The van der Waals surface area contributed by atoms with E-state index >= 15 is 0 Å². The zero-order chi connectivity index (χ0) is 75.8. The molecular weight excluding hydrogens is 1310 g/mol. The lowest BCUT2D eigenvalue weighted by Crippen LogP contribution is -2.65. The molecule has 14 nitrogen and oxygen atoms in total. The molecule has 0 aromatic carbocycles. The van der Waals surface area contributed by atoms with Gasteiger partial charge in [0.25, 0.3) is 0 Å². The highest BCUT2D eigenvalue weighted by Crippen LogP contribution is 2.31. The van der Waals surface area contributed by atoms with Crippen LogP contribution in [0.5, 0.6) is 0 Å². The maximum atomic E-state index is 13.4. The quantitative estimate of drug-likeness (QED) is 0.0204. The molecule has 0 bridgehead atoms. The number of aliphatic hydroxyl groups excluding tert-OH is 8. The van der Waals surface area contributed by atoms with Gasteiger partial charge in [0.15, 0.2) is 12.6 Å². The fraction of sp³-hybridized carbons (Fsp3) is 0.879. The minimum atomic E-state index is -1.78. The van der Waals surface area contributed by atoms with Gasteiger partial charge in [-0.15, -0.1) is 0 Å². The van der Waals surface area contributed by atoms with Crippen LogP contribution in [0.15, 0.2) is 60.8 Å². The van der Waals surface area contributed by atoms with Crippen LogP contribution in [0, 0.1) is 0 Å². The van der Waals surface area contributed by atoms with Crippen molar-refractivity contribution in [1.82, 2.24) is 5.32 Å². The number of hydrogen-bond acceptors (Lipinski definition) is 13. The van der Waals surface area contributed by atoms with Crippen molar-refractivity contribution in [3.8, 4) is 0 Å². The maximum Gasteiger partial charge on any atom is 0.220 e. The Kier molecular flexibility index (Phi) is 70.0. The molecular formula is C91H169NO13. The van der Waals surface area contributed by atoms with E-state index in [9.17, 15) is 45.6 Å². The van der Waals surface area contributed by atoms with Gasteiger partial charge in [-0.2, -0.15) is 0 Å². The van der Waals surface area contributed by atoms with Gasteiger partial charge >= 0.3 is 0 Å². The SMILES string of the molecule is CC/C=C\C/C=C\C/C=C\C/C=C\C/C=C\CCCCCCCCCCCCCCCCCCCCCCCCCC(=O)NC(COC1OC(CO)C(OC2OC(CO)C(O)C(O)C2O)C(O)C1O)C(O)CCCCCCCCCCCCCCCCCCCCCCCCCCCCCCCCCC. The molecule has 0 aromatic heterocycles. The van der Waals surface area contributed by atoms with E-state index in [1.165, 1.54) is 308 Å². The van der Waals surface area contributed by atoms with E-state index in [1.807, 2.05) is 0 Å². The highest BCUT2D eigenvalue weighted by molar-refractivity contribution is 5.76. The van der Waals surface area contributed by atoms with Gasteiger partial charge in [-0.05, 0) is 57.8 Å². The maximum absolute atomic E-state index is 13.4. The summed E-state index contributed by atoms with van der Waals surface area (Å²) >= 11 is 0. The molecule has 2 aliphatic rings. The topological polar surface area (TPSA) is 228 Å². The number of unbranched alkanes of at least 4 members (excludes halogenated alkanes) is 54. The first-order valence-electron chi connectivity index (χ1n) is 45.0. The smallest absolute Gasteiger partial charge is 0.220 e. The van der Waals surface area contributed by atoms with Gasteiger partial charge in [0, 0.05) is 6.42 Å². The van der Waals surface area contributed by atoms with Crippen LogP contribution in [0.4, 0.5) is 0 Å². The van der Waals surface area contributed by atoms with Gasteiger partial charge in [-0.1, -0.05) is 415 Å². The van der Waals surface area contributed by atoms with E-state index in [2.05, 4.69) is 79.9 Å². The Morgan fingerprint density at radius 1 is 0.352 bits per heavy atom. The first-order valence-corrected chi connectivity index (χ1v) is 45.0. The number of carbonyl (C=O) groups is 1. The van der Waals surface area contributed by atoms with E-state index in [-0.39, 0.29) is 12.5 Å². The molecule has 0 spiro atoms. The van der Waals surface area contributed by atoms with Crippen molar-refractivity contribution in [3.05, 3.63) is 60.8 Å². The number of ether oxygens (including phenoxy) is 4. The summed E-state index contributed by atoms with van der Waals surface area (Å²) in [4.78, 5) is 13.4. The van der Waals surface area contributed by atoms with Crippen LogP contribution in [-0.2, 0) is 23.7 Å². The van der Waals surface area contributed by atoms with Crippen molar-refractivity contribution in [1.29, 1.82) is 0 Å². The van der Waals surface area contributed by atoms with Gasteiger partial charge in [-0.3, -0.25) is 4.79 Å². The van der Waals surface area contributed by atoms with Crippen LogP contribution >= 0.6 is 0 Å². The summed E-state index contributed by atoms with van der Waals surface area (Å²) in [6.45, 7) is 2.82. The average molecular weight is 1490 g/mol. The first-order chi connectivity index (χ1) is 51.6. The van der Waals surface area contributed by atoms with E-state index < -0.39 is 86.8 Å². The molecule has 0 saturated carbocycles. The first kappa shape index (κ1) is 98.8. The molecule has 2 fully saturated rings. The van der Waals surface area contributed by atoms with Crippen LogP contribution in [0.2, 0.25) is 0 Å². The van der Waals surface area contributed by atoms with Crippen molar-refractivity contribution in [3.63, 3.8) is 0 Å². The molecule has 2 rings (SSSR count). The lowest BCUT2D eigenvalue weighted by molar-refractivity contribution is -0.359. The second-order valence-electron chi connectivity index (χ2n) is 31.7. The fourth-order valence-electron chi connectivity index (χ4n) is 15.0. The minimum Gasteiger partial charge on any atom is -0.394 e. The van der Waals surface area contributed by atoms with Gasteiger partial charge in [0.1, 0.15) is 48.8 Å². The highest BCUT2D eigenvalue weighted by Gasteiger charge is 2.51. The molecule has 9 N–H and O–H groups in total. The van der Waals surface area contributed by atoms with E-state index in [0.29, 0.717) is 12.8 Å². The average Bonchev–Trinajstić information content (AvgIpc) is 0.789. The van der Waals surface area contributed by atoms with Crippen LogP contribution in [0.1, 0.15) is 418 Å². The minimum absolute atomic E-state index is 0.198. The fourth-order valence-corrected chi connectivity index (χ4v) is 15.0. The van der Waals surface area contributed by atoms with Crippen LogP contribution in [0.3, 0.4) is 0 Å². The summed E-state index contributed by atoms with van der Waals surface area (Å²) in [7, 11) is 0. The van der Waals surface area contributed by atoms with Crippen molar-refractivity contribution >= 4 is 5.91 Å².